The first-order valence-electron chi connectivity index (χ1n) is 4.95. The molecule has 0 aromatic heterocycles. The summed E-state index contributed by atoms with van der Waals surface area (Å²) in [6, 6.07) is 11.6. The Morgan fingerprint density at radius 1 is 1.06 bits per heavy atom. The molecular formula is C13H12FNO. The standard InChI is InChI=1S/C13H12FNO/c1-9-6-7-11(15)13(8-9)16-12-5-3-2-4-10(12)14/h2-8H,15H2,1H3. The maximum Gasteiger partial charge on any atom is 0.165 e. The van der Waals surface area contributed by atoms with Crippen molar-refractivity contribution in [1.29, 1.82) is 0 Å². The van der Waals surface area contributed by atoms with E-state index in [-0.39, 0.29) is 5.75 Å². The fourth-order valence-electron chi connectivity index (χ4n) is 1.38. The lowest BCUT2D eigenvalue weighted by molar-refractivity contribution is 0.444. The van der Waals surface area contributed by atoms with E-state index in [1.54, 1.807) is 30.3 Å². The molecule has 0 saturated carbocycles. The maximum absolute atomic E-state index is 13.3. The number of nitrogen functional groups attached to an aromatic ring is 1. The van der Waals surface area contributed by atoms with Gasteiger partial charge in [-0.25, -0.2) is 4.39 Å². The van der Waals surface area contributed by atoms with Crippen molar-refractivity contribution in [3.05, 3.63) is 53.8 Å². The Morgan fingerprint density at radius 3 is 2.56 bits per heavy atom. The van der Waals surface area contributed by atoms with E-state index in [1.165, 1.54) is 6.07 Å². The van der Waals surface area contributed by atoms with E-state index >= 15 is 0 Å². The van der Waals surface area contributed by atoms with Crippen LogP contribution >= 0.6 is 0 Å². The molecule has 2 aromatic rings. The molecule has 0 aliphatic carbocycles. The number of hydrogen-bond donors (Lipinski definition) is 1. The summed E-state index contributed by atoms with van der Waals surface area (Å²) < 4.78 is 18.8. The third-order valence-electron chi connectivity index (χ3n) is 2.23. The number of rotatable bonds is 2. The lowest BCUT2D eigenvalue weighted by Crippen LogP contribution is -1.94. The SMILES string of the molecule is Cc1ccc(N)c(Oc2ccccc2F)c1. The summed E-state index contributed by atoms with van der Waals surface area (Å²) in [5, 5.41) is 0. The van der Waals surface area contributed by atoms with E-state index < -0.39 is 5.82 Å². The topological polar surface area (TPSA) is 35.2 Å². The van der Waals surface area contributed by atoms with Crippen LogP contribution in [0.5, 0.6) is 11.5 Å². The molecule has 2 nitrogen and oxygen atoms in total. The maximum atomic E-state index is 13.3. The van der Waals surface area contributed by atoms with Gasteiger partial charge in [-0.15, -0.1) is 0 Å². The molecule has 0 saturated heterocycles. The zero-order chi connectivity index (χ0) is 11.5. The highest BCUT2D eigenvalue weighted by molar-refractivity contribution is 5.55. The molecule has 0 unspecified atom stereocenters. The molecule has 0 heterocycles. The van der Waals surface area contributed by atoms with E-state index in [0.29, 0.717) is 11.4 Å². The minimum atomic E-state index is -0.400. The van der Waals surface area contributed by atoms with Crippen LogP contribution in [0.2, 0.25) is 0 Å². The number of anilines is 1. The summed E-state index contributed by atoms with van der Waals surface area (Å²) in [5.74, 6) is 0.258. The van der Waals surface area contributed by atoms with E-state index in [1.807, 2.05) is 13.0 Å². The van der Waals surface area contributed by atoms with Gasteiger partial charge in [-0.3, -0.25) is 0 Å². The van der Waals surface area contributed by atoms with Gasteiger partial charge in [-0.2, -0.15) is 0 Å². The van der Waals surface area contributed by atoms with Gasteiger partial charge < -0.3 is 10.5 Å². The first-order valence-corrected chi connectivity index (χ1v) is 4.95. The molecule has 2 N–H and O–H groups in total. The van der Waals surface area contributed by atoms with Gasteiger partial charge in [0.1, 0.15) is 0 Å². The molecule has 0 radical (unpaired) electrons. The van der Waals surface area contributed by atoms with Crippen molar-refractivity contribution in [2.24, 2.45) is 0 Å². The first-order chi connectivity index (χ1) is 7.66. The molecular weight excluding hydrogens is 205 g/mol. The van der Waals surface area contributed by atoms with Crippen LogP contribution in [0.25, 0.3) is 0 Å². The van der Waals surface area contributed by atoms with Crippen LogP contribution in [-0.4, -0.2) is 0 Å². The zero-order valence-electron chi connectivity index (χ0n) is 8.91. The molecule has 3 heteroatoms. The van der Waals surface area contributed by atoms with Crippen LogP contribution in [0, 0.1) is 12.7 Å². The highest BCUT2D eigenvalue weighted by Crippen LogP contribution is 2.29. The smallest absolute Gasteiger partial charge is 0.165 e. The van der Waals surface area contributed by atoms with Gasteiger partial charge in [0.15, 0.2) is 17.3 Å². The van der Waals surface area contributed by atoms with E-state index in [2.05, 4.69) is 0 Å². The van der Waals surface area contributed by atoms with E-state index in [0.717, 1.165) is 5.56 Å². The van der Waals surface area contributed by atoms with Gasteiger partial charge in [0.25, 0.3) is 0 Å². The van der Waals surface area contributed by atoms with Crippen LogP contribution in [0.4, 0.5) is 10.1 Å². The first kappa shape index (κ1) is 10.5. The van der Waals surface area contributed by atoms with Gasteiger partial charge in [-0.1, -0.05) is 18.2 Å². The Hall–Kier alpha value is -2.03. The summed E-state index contributed by atoms with van der Waals surface area (Å²) in [7, 11) is 0. The second kappa shape index (κ2) is 4.23. The van der Waals surface area contributed by atoms with Gasteiger partial charge in [-0.05, 0) is 36.8 Å². The summed E-state index contributed by atoms with van der Waals surface area (Å²) in [6.45, 7) is 1.92. The second-order valence-corrected chi connectivity index (χ2v) is 3.57. The molecule has 82 valence electrons. The summed E-state index contributed by atoms with van der Waals surface area (Å²) >= 11 is 0. The predicted octanol–water partition coefficient (Wildman–Crippen LogP) is 3.51. The Morgan fingerprint density at radius 2 is 1.81 bits per heavy atom. The van der Waals surface area contributed by atoms with Gasteiger partial charge in [0.2, 0.25) is 0 Å². The van der Waals surface area contributed by atoms with Crippen molar-refractivity contribution in [3.63, 3.8) is 0 Å². The molecule has 0 bridgehead atoms. The number of ether oxygens (including phenoxy) is 1. The largest absolute Gasteiger partial charge is 0.452 e. The summed E-state index contributed by atoms with van der Waals surface area (Å²) in [5.41, 5.74) is 7.25. The van der Waals surface area contributed by atoms with Crippen molar-refractivity contribution < 1.29 is 9.13 Å². The van der Waals surface area contributed by atoms with Crippen LogP contribution in [0.3, 0.4) is 0 Å². The molecule has 0 atom stereocenters. The molecule has 0 aliphatic rings. The number of halogens is 1. The molecule has 2 rings (SSSR count). The Kier molecular flexibility index (Phi) is 2.77. The van der Waals surface area contributed by atoms with Gasteiger partial charge >= 0.3 is 0 Å². The summed E-state index contributed by atoms with van der Waals surface area (Å²) in [6.07, 6.45) is 0. The van der Waals surface area contributed by atoms with Gasteiger partial charge in [0.05, 0.1) is 5.69 Å². The highest BCUT2D eigenvalue weighted by Gasteiger charge is 2.06. The van der Waals surface area contributed by atoms with E-state index in [9.17, 15) is 4.39 Å². The average Bonchev–Trinajstić information content (AvgIpc) is 2.27. The molecule has 0 fully saturated rings. The fraction of sp³-hybridized carbons (Fsp3) is 0.0769. The third kappa shape index (κ3) is 2.14. The Labute approximate surface area is 93.5 Å². The van der Waals surface area contributed by atoms with E-state index in [4.69, 9.17) is 10.5 Å². The predicted molar refractivity (Wildman–Crippen MR) is 62.1 cm³/mol. The van der Waals surface area contributed by atoms with Gasteiger partial charge in [0, 0.05) is 0 Å². The molecule has 0 aliphatic heterocycles. The molecule has 16 heavy (non-hydrogen) atoms. The third-order valence-corrected chi connectivity index (χ3v) is 2.23. The average molecular weight is 217 g/mol. The highest BCUT2D eigenvalue weighted by atomic mass is 19.1. The number of aryl methyl sites for hydroxylation is 1. The number of para-hydroxylation sites is 1. The number of nitrogens with two attached hydrogens (primary N) is 1. The van der Waals surface area contributed by atoms with Crippen LogP contribution < -0.4 is 10.5 Å². The van der Waals surface area contributed by atoms with Crippen molar-refractivity contribution in [2.75, 3.05) is 5.73 Å². The molecule has 0 amide bonds. The second-order valence-electron chi connectivity index (χ2n) is 3.57. The number of hydrogen-bond acceptors (Lipinski definition) is 2. The molecule has 0 spiro atoms. The quantitative estimate of drug-likeness (QED) is 0.781. The Bertz CT molecular complexity index is 511. The Balaban J connectivity index is 2.34. The minimum absolute atomic E-state index is 0.180. The van der Waals surface area contributed by atoms with Crippen molar-refractivity contribution in [3.8, 4) is 11.5 Å². The zero-order valence-corrected chi connectivity index (χ0v) is 8.91. The fourth-order valence-corrected chi connectivity index (χ4v) is 1.38. The lowest BCUT2D eigenvalue weighted by Gasteiger charge is -2.09. The van der Waals surface area contributed by atoms with Crippen LogP contribution in [0.15, 0.2) is 42.5 Å². The molecule has 2 aromatic carbocycles. The number of benzene rings is 2. The lowest BCUT2D eigenvalue weighted by atomic mass is 10.2. The van der Waals surface area contributed by atoms with Crippen LogP contribution in [0.1, 0.15) is 5.56 Å². The normalized spacial score (nSPS) is 10.1. The summed E-state index contributed by atoms with van der Waals surface area (Å²) in [4.78, 5) is 0. The minimum Gasteiger partial charge on any atom is -0.452 e. The van der Waals surface area contributed by atoms with Crippen LogP contribution in [-0.2, 0) is 0 Å². The monoisotopic (exact) mass is 217 g/mol. The van der Waals surface area contributed by atoms with Crippen molar-refractivity contribution in [2.45, 2.75) is 6.92 Å². The van der Waals surface area contributed by atoms with Crippen molar-refractivity contribution in [1.82, 2.24) is 0 Å². The van der Waals surface area contributed by atoms with Crippen molar-refractivity contribution >= 4 is 5.69 Å².